The molecule has 1 saturated heterocycles. The van der Waals surface area contributed by atoms with Gasteiger partial charge in [0.2, 0.25) is 11.8 Å². The van der Waals surface area contributed by atoms with E-state index in [1.165, 1.54) is 7.05 Å². The van der Waals surface area contributed by atoms with Gasteiger partial charge in [-0.25, -0.2) is 0 Å². The normalized spacial score (nSPS) is 19.5. The van der Waals surface area contributed by atoms with Crippen molar-refractivity contribution >= 4 is 11.8 Å². The van der Waals surface area contributed by atoms with Gasteiger partial charge in [-0.05, 0) is 0 Å². The van der Waals surface area contributed by atoms with E-state index in [0.717, 1.165) is 11.4 Å². The zero-order valence-electron chi connectivity index (χ0n) is 11.1. The average molecular weight is 297 g/mol. The van der Waals surface area contributed by atoms with Crippen LogP contribution in [0.15, 0.2) is 0 Å². The highest BCUT2D eigenvalue weighted by atomic mass is 19.4. The van der Waals surface area contributed by atoms with Crippen molar-refractivity contribution in [1.29, 1.82) is 0 Å². The molecule has 1 heterocycles. The third-order valence-electron chi connectivity index (χ3n) is 2.70. The first kappa shape index (κ1) is 16.7. The van der Waals surface area contributed by atoms with Gasteiger partial charge in [-0.3, -0.25) is 9.59 Å². The Morgan fingerprint density at radius 1 is 1.45 bits per heavy atom. The molecule has 116 valence electrons. The van der Waals surface area contributed by atoms with Crippen molar-refractivity contribution < 1.29 is 27.5 Å². The lowest BCUT2D eigenvalue weighted by atomic mass is 10.2. The smallest absolute Gasteiger partial charge is 0.375 e. The highest BCUT2D eigenvalue weighted by molar-refractivity contribution is 5.84. The molecule has 1 fully saturated rings. The van der Waals surface area contributed by atoms with Crippen LogP contribution in [0.5, 0.6) is 0 Å². The minimum Gasteiger partial charge on any atom is -0.375 e. The summed E-state index contributed by atoms with van der Waals surface area (Å²) >= 11 is 0. The van der Waals surface area contributed by atoms with Gasteiger partial charge in [0.15, 0.2) is 0 Å². The quantitative estimate of drug-likeness (QED) is 0.718. The lowest BCUT2D eigenvalue weighted by molar-refractivity contribution is -0.142. The highest BCUT2D eigenvalue weighted by Crippen LogP contribution is 2.12. The Bertz CT molecular complexity index is 344. The zero-order valence-corrected chi connectivity index (χ0v) is 11.1. The highest BCUT2D eigenvalue weighted by Gasteiger charge is 2.28. The van der Waals surface area contributed by atoms with E-state index in [1.807, 2.05) is 0 Å². The first-order chi connectivity index (χ1) is 9.28. The second kappa shape index (κ2) is 7.44. The number of alkyl halides is 3. The van der Waals surface area contributed by atoms with E-state index in [9.17, 15) is 22.8 Å². The Morgan fingerprint density at radius 2 is 2.15 bits per heavy atom. The van der Waals surface area contributed by atoms with Crippen molar-refractivity contribution in [1.82, 2.24) is 15.5 Å². The molecule has 0 radical (unpaired) electrons. The van der Waals surface area contributed by atoms with Crippen LogP contribution >= 0.6 is 0 Å². The third kappa shape index (κ3) is 6.71. The summed E-state index contributed by atoms with van der Waals surface area (Å²) in [7, 11) is 1.37. The minimum absolute atomic E-state index is 0.0933. The summed E-state index contributed by atoms with van der Waals surface area (Å²) in [6, 6.07) is 0. The first-order valence-electron chi connectivity index (χ1n) is 6.17. The van der Waals surface area contributed by atoms with Crippen LogP contribution in [0.4, 0.5) is 13.2 Å². The van der Waals surface area contributed by atoms with Crippen LogP contribution in [0.3, 0.4) is 0 Å². The van der Waals surface area contributed by atoms with Gasteiger partial charge in [0.1, 0.15) is 6.54 Å². The Morgan fingerprint density at radius 3 is 2.70 bits per heavy atom. The van der Waals surface area contributed by atoms with E-state index in [0.29, 0.717) is 13.2 Å². The van der Waals surface area contributed by atoms with Gasteiger partial charge < -0.3 is 20.3 Å². The number of morpholine rings is 1. The fourth-order valence-corrected chi connectivity index (χ4v) is 1.66. The topological polar surface area (TPSA) is 70.7 Å². The molecule has 9 heteroatoms. The summed E-state index contributed by atoms with van der Waals surface area (Å²) in [6.07, 6.45) is -4.63. The van der Waals surface area contributed by atoms with Crippen molar-refractivity contribution in [3.05, 3.63) is 0 Å². The van der Waals surface area contributed by atoms with Gasteiger partial charge >= 0.3 is 6.18 Å². The molecule has 1 aliphatic rings. The number of nitrogens with one attached hydrogen (secondary N) is 2. The van der Waals surface area contributed by atoms with Gasteiger partial charge in [0, 0.05) is 20.1 Å². The number of hydrogen-bond acceptors (Lipinski definition) is 4. The van der Waals surface area contributed by atoms with Crippen molar-refractivity contribution in [2.45, 2.75) is 18.7 Å². The molecule has 6 nitrogen and oxygen atoms in total. The Labute approximate surface area is 114 Å². The number of hydrogen-bond donors (Lipinski definition) is 2. The molecule has 0 bridgehead atoms. The van der Waals surface area contributed by atoms with Crippen LogP contribution in [0.2, 0.25) is 0 Å². The van der Waals surface area contributed by atoms with Crippen molar-refractivity contribution in [2.75, 3.05) is 39.8 Å². The lowest BCUT2D eigenvalue weighted by Gasteiger charge is -2.25. The van der Waals surface area contributed by atoms with E-state index in [-0.39, 0.29) is 18.4 Å². The molecule has 20 heavy (non-hydrogen) atoms. The number of amides is 2. The summed E-state index contributed by atoms with van der Waals surface area (Å²) < 4.78 is 41.0. The monoisotopic (exact) mass is 297 g/mol. The number of carbonyl (C=O) groups is 2. The van der Waals surface area contributed by atoms with E-state index in [2.05, 4.69) is 5.32 Å². The predicted octanol–water partition coefficient (Wildman–Crippen LogP) is -0.498. The number of carbonyl (C=O) groups excluding carboxylic acids is 2. The Kier molecular flexibility index (Phi) is 6.21. The Balaban J connectivity index is 2.28. The van der Waals surface area contributed by atoms with Crippen LogP contribution in [0.1, 0.15) is 6.42 Å². The van der Waals surface area contributed by atoms with Crippen LogP contribution in [0, 0.1) is 0 Å². The average Bonchev–Trinajstić information content (AvgIpc) is 2.36. The molecule has 1 aliphatic heterocycles. The first-order valence-corrected chi connectivity index (χ1v) is 6.17. The lowest BCUT2D eigenvalue weighted by Crippen LogP contribution is -2.44. The maximum absolute atomic E-state index is 11.9. The molecule has 0 saturated carbocycles. The van der Waals surface area contributed by atoms with Gasteiger partial charge in [0.05, 0.1) is 25.7 Å². The van der Waals surface area contributed by atoms with E-state index in [1.54, 1.807) is 5.32 Å². The van der Waals surface area contributed by atoms with Gasteiger partial charge in [-0.1, -0.05) is 0 Å². The third-order valence-corrected chi connectivity index (χ3v) is 2.70. The second-order valence-corrected chi connectivity index (χ2v) is 4.54. The molecule has 0 aromatic carbocycles. The summed E-state index contributed by atoms with van der Waals surface area (Å²) in [5, 5.41) is 4.77. The van der Waals surface area contributed by atoms with Crippen LogP contribution < -0.4 is 10.6 Å². The number of nitrogens with zero attached hydrogens (tertiary/aromatic N) is 1. The van der Waals surface area contributed by atoms with Crippen LogP contribution in [-0.2, 0) is 14.3 Å². The molecule has 0 spiro atoms. The largest absolute Gasteiger partial charge is 0.405 e. The van der Waals surface area contributed by atoms with Gasteiger partial charge in [-0.15, -0.1) is 0 Å². The Hall–Kier alpha value is -1.35. The molecule has 1 rings (SSSR count). The summed E-state index contributed by atoms with van der Waals surface area (Å²) in [6.45, 7) is -0.0352. The van der Waals surface area contributed by atoms with Gasteiger partial charge in [-0.2, -0.15) is 13.2 Å². The standard InChI is InChI=1S/C11H18F3N3O3/c1-17(6-9(18)16-7-11(12,13)14)10(19)4-8-5-15-2-3-20-8/h8,15H,2-7H2,1H3,(H,16,18). The minimum atomic E-state index is -4.46. The number of ether oxygens (including phenoxy) is 1. The second-order valence-electron chi connectivity index (χ2n) is 4.54. The molecule has 0 aliphatic carbocycles. The van der Waals surface area contributed by atoms with Crippen LogP contribution in [-0.4, -0.2) is 68.8 Å². The molecule has 0 aromatic rings. The summed E-state index contributed by atoms with van der Waals surface area (Å²) in [4.78, 5) is 24.1. The fraction of sp³-hybridized carbons (Fsp3) is 0.818. The van der Waals surface area contributed by atoms with Crippen molar-refractivity contribution in [3.8, 4) is 0 Å². The molecule has 2 N–H and O–H groups in total. The number of halogens is 3. The molecule has 2 amide bonds. The number of likely N-dealkylation sites (N-methyl/N-ethyl adjacent to an activating group) is 1. The maximum atomic E-state index is 11.9. The maximum Gasteiger partial charge on any atom is 0.405 e. The molecule has 0 aromatic heterocycles. The van der Waals surface area contributed by atoms with Gasteiger partial charge in [0.25, 0.3) is 0 Å². The molecular formula is C11H18F3N3O3. The predicted molar refractivity (Wildman–Crippen MR) is 63.9 cm³/mol. The summed E-state index contributed by atoms with van der Waals surface area (Å²) in [5.74, 6) is -1.19. The zero-order chi connectivity index (χ0) is 15.2. The van der Waals surface area contributed by atoms with Crippen molar-refractivity contribution in [3.63, 3.8) is 0 Å². The van der Waals surface area contributed by atoms with E-state index >= 15 is 0 Å². The van der Waals surface area contributed by atoms with E-state index in [4.69, 9.17) is 4.74 Å². The fourth-order valence-electron chi connectivity index (χ4n) is 1.66. The summed E-state index contributed by atoms with van der Waals surface area (Å²) in [5.41, 5.74) is 0. The SMILES string of the molecule is CN(CC(=O)NCC(F)(F)F)C(=O)CC1CNCCO1. The van der Waals surface area contributed by atoms with Crippen molar-refractivity contribution in [2.24, 2.45) is 0 Å². The number of rotatable bonds is 5. The molecule has 1 atom stereocenters. The molecule has 1 unspecified atom stereocenters. The van der Waals surface area contributed by atoms with Crippen LogP contribution in [0.25, 0.3) is 0 Å². The molecular weight excluding hydrogens is 279 g/mol. The van der Waals surface area contributed by atoms with E-state index < -0.39 is 25.2 Å².